The first-order valence-corrected chi connectivity index (χ1v) is 10.4. The Hall–Kier alpha value is -2.64. The van der Waals surface area contributed by atoms with Gasteiger partial charge in [0.2, 0.25) is 0 Å². The van der Waals surface area contributed by atoms with Crippen LogP contribution in [0.1, 0.15) is 36.1 Å². The first kappa shape index (κ1) is 22.1. The fourth-order valence-corrected chi connectivity index (χ4v) is 3.24. The summed E-state index contributed by atoms with van der Waals surface area (Å²) in [5.41, 5.74) is 2.35. The minimum absolute atomic E-state index is 0.0665. The fraction of sp³-hybridized carbons (Fsp3) is 0.435. The summed E-state index contributed by atoms with van der Waals surface area (Å²) in [6.07, 6.45) is -0.0260. The normalized spacial score (nSPS) is 17.6. The summed E-state index contributed by atoms with van der Waals surface area (Å²) in [6, 6.07) is 12.3. The van der Waals surface area contributed by atoms with Crippen LogP contribution in [0.3, 0.4) is 0 Å². The molecule has 3 rings (SSSR count). The second kappa shape index (κ2) is 10.9. The molecule has 1 aliphatic rings. The lowest BCUT2D eigenvalue weighted by Gasteiger charge is -2.17. The molecule has 2 unspecified atom stereocenters. The van der Waals surface area contributed by atoms with Crippen LogP contribution in [0.4, 0.5) is 4.39 Å². The fourth-order valence-electron chi connectivity index (χ4n) is 3.24. The van der Waals surface area contributed by atoms with Crippen LogP contribution in [0, 0.1) is 12.7 Å². The van der Waals surface area contributed by atoms with Gasteiger partial charge in [-0.2, -0.15) is 0 Å². The predicted octanol–water partition coefficient (Wildman–Crippen LogP) is 3.09. The van der Waals surface area contributed by atoms with E-state index in [1.807, 2.05) is 32.0 Å². The molecule has 0 bridgehead atoms. The van der Waals surface area contributed by atoms with Gasteiger partial charge >= 0.3 is 0 Å². The number of rotatable bonds is 8. The number of hydrogen-bond acceptors (Lipinski definition) is 4. The van der Waals surface area contributed by atoms with Gasteiger partial charge in [-0.05, 0) is 31.5 Å². The smallest absolute Gasteiger partial charge is 0.191 e. The molecule has 0 spiro atoms. The maximum absolute atomic E-state index is 13.9. The molecule has 162 valence electrons. The van der Waals surface area contributed by atoms with E-state index in [1.165, 1.54) is 6.07 Å². The molecule has 0 aromatic heterocycles. The van der Waals surface area contributed by atoms with Gasteiger partial charge in [0.1, 0.15) is 17.7 Å². The molecule has 30 heavy (non-hydrogen) atoms. The van der Waals surface area contributed by atoms with Gasteiger partial charge in [0, 0.05) is 30.6 Å². The Balaban J connectivity index is 1.66. The van der Waals surface area contributed by atoms with E-state index in [0.29, 0.717) is 25.7 Å². The molecule has 1 aliphatic heterocycles. The van der Waals surface area contributed by atoms with Crippen molar-refractivity contribution in [1.29, 1.82) is 0 Å². The van der Waals surface area contributed by atoms with Crippen molar-refractivity contribution in [1.82, 2.24) is 10.6 Å². The number of guanidine groups is 1. The van der Waals surface area contributed by atoms with Crippen molar-refractivity contribution in [3.63, 3.8) is 0 Å². The Morgan fingerprint density at radius 1 is 1.30 bits per heavy atom. The molecular formula is C23H30FN3O3. The van der Waals surface area contributed by atoms with Crippen molar-refractivity contribution in [2.24, 2.45) is 4.99 Å². The second-order valence-corrected chi connectivity index (χ2v) is 7.33. The number of aliphatic hydroxyl groups excluding tert-OH is 1. The van der Waals surface area contributed by atoms with Crippen LogP contribution < -0.4 is 15.4 Å². The van der Waals surface area contributed by atoms with Gasteiger partial charge in [-0.15, -0.1) is 0 Å². The predicted molar refractivity (Wildman–Crippen MR) is 115 cm³/mol. The maximum atomic E-state index is 13.9. The topological polar surface area (TPSA) is 75.1 Å². The summed E-state index contributed by atoms with van der Waals surface area (Å²) in [7, 11) is 0. The Kier molecular flexibility index (Phi) is 8.04. The molecule has 1 heterocycles. The Labute approximate surface area is 177 Å². The van der Waals surface area contributed by atoms with Gasteiger partial charge in [0.25, 0.3) is 0 Å². The summed E-state index contributed by atoms with van der Waals surface area (Å²) in [4.78, 5) is 4.61. The summed E-state index contributed by atoms with van der Waals surface area (Å²) in [6.45, 7) is 6.54. The average Bonchev–Trinajstić information content (AvgIpc) is 3.24. The van der Waals surface area contributed by atoms with Crippen LogP contribution in [-0.2, 0) is 11.3 Å². The molecule has 3 N–H and O–H groups in total. The van der Waals surface area contributed by atoms with Crippen molar-refractivity contribution in [2.75, 3.05) is 26.3 Å². The highest BCUT2D eigenvalue weighted by atomic mass is 19.1. The minimum Gasteiger partial charge on any atom is -0.488 e. The Morgan fingerprint density at radius 3 is 2.87 bits per heavy atom. The Morgan fingerprint density at radius 2 is 2.13 bits per heavy atom. The van der Waals surface area contributed by atoms with Gasteiger partial charge in [-0.1, -0.05) is 30.3 Å². The lowest BCUT2D eigenvalue weighted by Crippen LogP contribution is -2.39. The molecule has 6 nitrogen and oxygen atoms in total. The van der Waals surface area contributed by atoms with E-state index in [0.717, 1.165) is 29.9 Å². The zero-order chi connectivity index (χ0) is 21.3. The largest absolute Gasteiger partial charge is 0.488 e. The van der Waals surface area contributed by atoms with Crippen molar-refractivity contribution >= 4 is 5.96 Å². The molecule has 7 heteroatoms. The number of aliphatic imine (C=N–C) groups is 1. The minimum atomic E-state index is -0.976. The molecule has 0 amide bonds. The van der Waals surface area contributed by atoms with Gasteiger partial charge in [-0.25, -0.2) is 9.38 Å². The van der Waals surface area contributed by atoms with E-state index < -0.39 is 11.9 Å². The molecule has 2 atom stereocenters. The van der Waals surface area contributed by atoms with Crippen LogP contribution in [0.5, 0.6) is 5.75 Å². The third-order valence-electron chi connectivity index (χ3n) is 4.88. The molecule has 1 fully saturated rings. The number of halogens is 1. The van der Waals surface area contributed by atoms with E-state index in [9.17, 15) is 9.50 Å². The molecule has 0 radical (unpaired) electrons. The Bertz CT molecular complexity index is 853. The molecule has 2 aromatic rings. The van der Waals surface area contributed by atoms with Crippen molar-refractivity contribution in [3.8, 4) is 5.75 Å². The second-order valence-electron chi connectivity index (χ2n) is 7.33. The van der Waals surface area contributed by atoms with Crippen LogP contribution >= 0.6 is 0 Å². The van der Waals surface area contributed by atoms with E-state index in [2.05, 4.69) is 15.6 Å². The SMILES string of the molecule is CCNC(=NCc1ccc(C)cc1OC1CCOC1)NCC(O)c1ccccc1F. The number of hydrogen-bond donors (Lipinski definition) is 3. The lowest BCUT2D eigenvalue weighted by atomic mass is 10.1. The maximum Gasteiger partial charge on any atom is 0.191 e. The van der Waals surface area contributed by atoms with E-state index in [1.54, 1.807) is 18.2 Å². The first-order chi connectivity index (χ1) is 14.6. The number of aryl methyl sites for hydroxylation is 1. The molecule has 0 aliphatic carbocycles. The first-order valence-electron chi connectivity index (χ1n) is 10.4. The van der Waals surface area contributed by atoms with Crippen LogP contribution in [0.25, 0.3) is 0 Å². The van der Waals surface area contributed by atoms with E-state index in [-0.39, 0.29) is 18.2 Å². The molecule has 1 saturated heterocycles. The van der Waals surface area contributed by atoms with E-state index in [4.69, 9.17) is 9.47 Å². The molecule has 2 aromatic carbocycles. The van der Waals surface area contributed by atoms with Crippen LogP contribution in [0.2, 0.25) is 0 Å². The number of ether oxygens (including phenoxy) is 2. The average molecular weight is 416 g/mol. The van der Waals surface area contributed by atoms with Crippen LogP contribution in [0.15, 0.2) is 47.5 Å². The summed E-state index contributed by atoms with van der Waals surface area (Å²) < 4.78 is 25.4. The van der Waals surface area contributed by atoms with Gasteiger partial charge in [0.05, 0.1) is 25.9 Å². The number of benzene rings is 2. The highest BCUT2D eigenvalue weighted by Crippen LogP contribution is 2.24. The number of aliphatic hydroxyl groups is 1. The summed E-state index contributed by atoms with van der Waals surface area (Å²) >= 11 is 0. The highest BCUT2D eigenvalue weighted by molar-refractivity contribution is 5.79. The summed E-state index contributed by atoms with van der Waals surface area (Å²) in [5, 5.41) is 16.6. The zero-order valence-corrected chi connectivity index (χ0v) is 17.5. The van der Waals surface area contributed by atoms with Crippen LogP contribution in [-0.4, -0.2) is 43.5 Å². The summed E-state index contributed by atoms with van der Waals surface area (Å²) in [5.74, 6) is 0.936. The molecular weight excluding hydrogens is 385 g/mol. The standard InChI is InChI=1S/C23H30FN3O3/c1-3-25-23(27-14-21(28)19-6-4-5-7-20(19)24)26-13-17-9-8-16(2)12-22(17)30-18-10-11-29-15-18/h4-9,12,18,21,28H,3,10-11,13-15H2,1-2H3,(H2,25,26,27). The monoisotopic (exact) mass is 415 g/mol. The number of nitrogens with one attached hydrogen (secondary N) is 2. The van der Waals surface area contributed by atoms with Gasteiger partial charge < -0.3 is 25.2 Å². The van der Waals surface area contributed by atoms with Crippen molar-refractivity contribution in [2.45, 2.75) is 39.0 Å². The van der Waals surface area contributed by atoms with Gasteiger partial charge in [0.15, 0.2) is 5.96 Å². The zero-order valence-electron chi connectivity index (χ0n) is 17.5. The van der Waals surface area contributed by atoms with Gasteiger partial charge in [-0.3, -0.25) is 0 Å². The third-order valence-corrected chi connectivity index (χ3v) is 4.88. The van der Waals surface area contributed by atoms with Crippen molar-refractivity contribution in [3.05, 3.63) is 65.0 Å². The lowest BCUT2D eigenvalue weighted by molar-refractivity contribution is 0.140. The quantitative estimate of drug-likeness (QED) is 0.456. The van der Waals surface area contributed by atoms with Crippen molar-refractivity contribution < 1.29 is 19.0 Å². The molecule has 0 saturated carbocycles. The highest BCUT2D eigenvalue weighted by Gasteiger charge is 2.19. The number of nitrogens with zero attached hydrogens (tertiary/aromatic N) is 1. The third kappa shape index (κ3) is 6.18. The van der Waals surface area contributed by atoms with E-state index >= 15 is 0 Å².